The van der Waals surface area contributed by atoms with Crippen LogP contribution >= 0.6 is 33.9 Å². The van der Waals surface area contributed by atoms with E-state index in [4.69, 9.17) is 9.47 Å². The van der Waals surface area contributed by atoms with Gasteiger partial charge < -0.3 is 9.47 Å². The third kappa shape index (κ3) is 5.97. The van der Waals surface area contributed by atoms with Gasteiger partial charge in [0.15, 0.2) is 11.5 Å². The Morgan fingerprint density at radius 3 is 2.75 bits per heavy atom. The van der Waals surface area contributed by atoms with E-state index >= 15 is 0 Å². The summed E-state index contributed by atoms with van der Waals surface area (Å²) >= 11 is 3.32. The van der Waals surface area contributed by atoms with Gasteiger partial charge in [-0.3, -0.25) is 14.9 Å². The van der Waals surface area contributed by atoms with E-state index in [1.54, 1.807) is 42.5 Å². The molecule has 0 aliphatic carbocycles. The Bertz CT molecular complexity index is 1470. The SMILES string of the molecule is CCOc1cc(/C=N\NC(=O)c2cc3cc([N+](=O)[O-])ccc3s2)cc(I)c1OCc1ccccc1F. The zero-order valence-corrected chi connectivity index (χ0v) is 21.8. The zero-order chi connectivity index (χ0) is 25.7. The fourth-order valence-corrected chi connectivity index (χ4v) is 5.02. The number of carbonyl (C=O) groups excluding carboxylic acids is 1. The summed E-state index contributed by atoms with van der Waals surface area (Å²) in [4.78, 5) is 23.4. The predicted octanol–water partition coefficient (Wildman–Crippen LogP) is 6.29. The Hall–Kier alpha value is -3.58. The van der Waals surface area contributed by atoms with Gasteiger partial charge in [0, 0.05) is 27.8 Å². The lowest BCUT2D eigenvalue weighted by Crippen LogP contribution is -2.16. The average Bonchev–Trinajstić information content (AvgIpc) is 3.28. The van der Waals surface area contributed by atoms with Gasteiger partial charge in [0.25, 0.3) is 11.6 Å². The Morgan fingerprint density at radius 2 is 2.00 bits per heavy atom. The number of thiophene rings is 1. The molecule has 0 saturated heterocycles. The van der Waals surface area contributed by atoms with Gasteiger partial charge in [0.2, 0.25) is 0 Å². The van der Waals surface area contributed by atoms with E-state index in [9.17, 15) is 19.3 Å². The van der Waals surface area contributed by atoms with Crippen LogP contribution in [0.2, 0.25) is 0 Å². The second-order valence-corrected chi connectivity index (χ2v) is 9.68. The summed E-state index contributed by atoms with van der Waals surface area (Å²) in [5.74, 6) is 0.183. The molecule has 8 nitrogen and oxygen atoms in total. The van der Waals surface area contributed by atoms with Crippen LogP contribution in [-0.4, -0.2) is 23.7 Å². The molecule has 0 radical (unpaired) electrons. The summed E-state index contributed by atoms with van der Waals surface area (Å²) in [6, 6.07) is 16.0. The second-order valence-electron chi connectivity index (χ2n) is 7.43. The number of benzene rings is 3. The van der Waals surface area contributed by atoms with E-state index in [-0.39, 0.29) is 18.1 Å². The number of amides is 1. The van der Waals surface area contributed by atoms with Gasteiger partial charge in [0.1, 0.15) is 12.4 Å². The summed E-state index contributed by atoms with van der Waals surface area (Å²) in [7, 11) is 0. The number of hydrogen-bond donors (Lipinski definition) is 1. The third-order valence-corrected chi connectivity index (χ3v) is 6.89. The van der Waals surface area contributed by atoms with Crippen molar-refractivity contribution in [1.82, 2.24) is 5.43 Å². The van der Waals surface area contributed by atoms with E-state index in [2.05, 4.69) is 33.1 Å². The maximum atomic E-state index is 14.0. The van der Waals surface area contributed by atoms with Crippen molar-refractivity contribution in [1.29, 1.82) is 0 Å². The van der Waals surface area contributed by atoms with Crippen LogP contribution in [0.25, 0.3) is 10.1 Å². The number of nitrogens with one attached hydrogen (secondary N) is 1. The van der Waals surface area contributed by atoms with Gasteiger partial charge in [0.05, 0.1) is 26.2 Å². The normalized spacial score (nSPS) is 11.1. The molecule has 1 amide bonds. The topological polar surface area (TPSA) is 103 Å². The number of ether oxygens (including phenoxy) is 2. The fourth-order valence-electron chi connectivity index (χ4n) is 3.31. The summed E-state index contributed by atoms with van der Waals surface area (Å²) < 4.78 is 27.0. The number of hydrogen-bond acceptors (Lipinski definition) is 7. The lowest BCUT2D eigenvalue weighted by Gasteiger charge is -2.15. The molecule has 4 aromatic rings. The van der Waals surface area contributed by atoms with Gasteiger partial charge in [-0.15, -0.1) is 11.3 Å². The van der Waals surface area contributed by atoms with Crippen molar-refractivity contribution in [2.45, 2.75) is 13.5 Å². The molecule has 0 aliphatic heterocycles. The van der Waals surface area contributed by atoms with Gasteiger partial charge in [-0.25, -0.2) is 9.82 Å². The van der Waals surface area contributed by atoms with Crippen molar-refractivity contribution < 1.29 is 23.6 Å². The maximum absolute atomic E-state index is 14.0. The molecular formula is C25H19FIN3O5S. The van der Waals surface area contributed by atoms with Gasteiger partial charge in [-0.1, -0.05) is 18.2 Å². The van der Waals surface area contributed by atoms with Crippen molar-refractivity contribution in [3.05, 3.63) is 96.2 Å². The molecule has 36 heavy (non-hydrogen) atoms. The number of halogens is 2. The number of fused-ring (bicyclic) bond motifs is 1. The van der Waals surface area contributed by atoms with Crippen molar-refractivity contribution in [3.63, 3.8) is 0 Å². The first-order valence-corrected chi connectivity index (χ1v) is 12.6. The Morgan fingerprint density at radius 1 is 1.19 bits per heavy atom. The average molecular weight is 619 g/mol. The Balaban J connectivity index is 1.47. The Labute approximate surface area is 223 Å². The highest BCUT2D eigenvalue weighted by Gasteiger charge is 2.15. The Kier molecular flexibility index (Phi) is 8.10. The minimum absolute atomic E-state index is 0.0358. The number of nitrogens with zero attached hydrogens (tertiary/aromatic N) is 2. The largest absolute Gasteiger partial charge is 0.490 e. The molecule has 4 rings (SSSR count). The minimum atomic E-state index is -0.477. The molecule has 11 heteroatoms. The highest BCUT2D eigenvalue weighted by Crippen LogP contribution is 2.35. The van der Waals surface area contributed by atoms with Crippen molar-refractivity contribution in [2.75, 3.05) is 6.61 Å². The van der Waals surface area contributed by atoms with Crippen LogP contribution in [0.1, 0.15) is 27.7 Å². The first-order valence-electron chi connectivity index (χ1n) is 10.7. The first kappa shape index (κ1) is 25.5. The summed E-state index contributed by atoms with van der Waals surface area (Å²) in [6.45, 7) is 2.28. The van der Waals surface area contributed by atoms with Crippen LogP contribution in [-0.2, 0) is 6.61 Å². The molecule has 184 valence electrons. The van der Waals surface area contributed by atoms with E-state index in [0.29, 0.717) is 39.5 Å². The summed E-state index contributed by atoms with van der Waals surface area (Å²) in [6.07, 6.45) is 1.47. The van der Waals surface area contributed by atoms with Crippen molar-refractivity contribution in [2.24, 2.45) is 5.10 Å². The zero-order valence-electron chi connectivity index (χ0n) is 18.9. The standard InChI is InChI=1S/C25H19FIN3O5S/c1-2-34-21-10-15(9-20(27)24(21)35-14-16-5-3-4-6-19(16)26)13-28-29-25(31)23-12-17-11-18(30(32)33)7-8-22(17)36-23/h3-13H,2,14H2,1H3,(H,29,31)/b28-13-. The lowest BCUT2D eigenvalue weighted by atomic mass is 10.2. The van der Waals surface area contributed by atoms with Gasteiger partial charge in [-0.2, -0.15) is 5.10 Å². The quantitative estimate of drug-likeness (QED) is 0.103. The molecule has 0 spiro atoms. The molecule has 3 aromatic carbocycles. The smallest absolute Gasteiger partial charge is 0.281 e. The molecule has 0 unspecified atom stereocenters. The molecule has 1 heterocycles. The highest BCUT2D eigenvalue weighted by atomic mass is 127. The first-order chi connectivity index (χ1) is 17.4. The molecule has 0 saturated carbocycles. The number of hydrazone groups is 1. The minimum Gasteiger partial charge on any atom is -0.490 e. The third-order valence-electron chi connectivity index (χ3n) is 4.98. The van der Waals surface area contributed by atoms with Crippen LogP contribution in [0.4, 0.5) is 10.1 Å². The maximum Gasteiger partial charge on any atom is 0.281 e. The van der Waals surface area contributed by atoms with Crippen LogP contribution in [0.3, 0.4) is 0 Å². The molecular weight excluding hydrogens is 600 g/mol. The number of nitro groups is 1. The van der Waals surface area contributed by atoms with E-state index in [1.807, 2.05) is 6.92 Å². The molecule has 0 fully saturated rings. The van der Waals surface area contributed by atoms with Crippen molar-refractivity contribution in [3.8, 4) is 11.5 Å². The number of non-ortho nitro benzene ring substituents is 1. The predicted molar refractivity (Wildman–Crippen MR) is 145 cm³/mol. The van der Waals surface area contributed by atoms with Crippen LogP contribution in [0.5, 0.6) is 11.5 Å². The van der Waals surface area contributed by atoms with E-state index in [1.165, 1.54) is 35.8 Å². The monoisotopic (exact) mass is 619 g/mol. The van der Waals surface area contributed by atoms with Gasteiger partial charge in [-0.05, 0) is 65.4 Å². The summed E-state index contributed by atoms with van der Waals surface area (Å²) in [5.41, 5.74) is 3.53. The molecule has 1 N–H and O–H groups in total. The number of rotatable bonds is 9. The number of nitro benzene ring substituents is 1. The molecule has 0 bridgehead atoms. The van der Waals surface area contributed by atoms with Crippen LogP contribution in [0, 0.1) is 19.5 Å². The molecule has 1 aromatic heterocycles. The van der Waals surface area contributed by atoms with Crippen LogP contribution < -0.4 is 14.9 Å². The van der Waals surface area contributed by atoms with Gasteiger partial charge >= 0.3 is 0 Å². The summed E-state index contributed by atoms with van der Waals surface area (Å²) in [5, 5.41) is 15.6. The highest BCUT2D eigenvalue weighted by molar-refractivity contribution is 14.1. The van der Waals surface area contributed by atoms with E-state index < -0.39 is 10.8 Å². The molecule has 0 aliphatic rings. The second kappa shape index (κ2) is 11.4. The van der Waals surface area contributed by atoms with Crippen molar-refractivity contribution >= 4 is 61.8 Å². The fraction of sp³-hybridized carbons (Fsp3) is 0.120. The molecule has 0 atom stereocenters. The number of carbonyl (C=O) groups is 1. The lowest BCUT2D eigenvalue weighted by molar-refractivity contribution is -0.384. The van der Waals surface area contributed by atoms with E-state index in [0.717, 1.165) is 8.27 Å². The van der Waals surface area contributed by atoms with Crippen LogP contribution in [0.15, 0.2) is 65.8 Å².